The Labute approximate surface area is 172 Å². The molecule has 2 aliphatic heterocycles. The minimum atomic E-state index is -0.841. The van der Waals surface area contributed by atoms with Crippen LogP contribution >= 0.6 is 0 Å². The number of allylic oxidation sites excluding steroid dienone is 1. The summed E-state index contributed by atoms with van der Waals surface area (Å²) in [5.74, 6) is 2.33. The molecule has 1 aromatic heterocycles. The summed E-state index contributed by atoms with van der Waals surface area (Å²) in [6, 6.07) is 4.98. The van der Waals surface area contributed by atoms with Crippen molar-refractivity contribution in [2.75, 3.05) is 14.2 Å². The Balaban J connectivity index is 1.58. The fourth-order valence-electron chi connectivity index (χ4n) is 5.29. The van der Waals surface area contributed by atoms with Crippen molar-refractivity contribution in [1.29, 1.82) is 0 Å². The first-order valence-electron chi connectivity index (χ1n) is 10.3. The molecule has 2 aliphatic rings. The predicted octanol–water partition coefficient (Wildman–Crippen LogP) is 3.18. The zero-order valence-electron chi connectivity index (χ0n) is 17.6. The Morgan fingerprint density at radius 3 is 2.52 bits per heavy atom. The lowest BCUT2D eigenvalue weighted by Crippen LogP contribution is -2.50. The molecule has 0 saturated carbocycles. The second-order valence-electron chi connectivity index (χ2n) is 8.34. The lowest BCUT2D eigenvalue weighted by Gasteiger charge is -2.43. The van der Waals surface area contributed by atoms with Crippen LogP contribution in [0.25, 0.3) is 0 Å². The third-order valence-electron chi connectivity index (χ3n) is 6.50. The van der Waals surface area contributed by atoms with Crippen LogP contribution in [0.15, 0.2) is 37.2 Å². The summed E-state index contributed by atoms with van der Waals surface area (Å²) in [5.41, 5.74) is 1.45. The minimum absolute atomic E-state index is 0.353. The Morgan fingerprint density at radius 2 is 1.97 bits per heavy atom. The maximum Gasteiger partial charge on any atom is 0.164 e. The van der Waals surface area contributed by atoms with Crippen LogP contribution in [0.2, 0.25) is 0 Å². The molecule has 4 rings (SSSR count). The average Bonchev–Trinajstić information content (AvgIpc) is 3.23. The van der Waals surface area contributed by atoms with E-state index in [-0.39, 0.29) is 0 Å². The molecule has 1 unspecified atom stereocenters. The summed E-state index contributed by atoms with van der Waals surface area (Å²) in [6.07, 6.45) is 9.98. The second-order valence-corrected chi connectivity index (χ2v) is 8.34. The van der Waals surface area contributed by atoms with Gasteiger partial charge in [-0.25, -0.2) is 4.98 Å². The highest BCUT2D eigenvalue weighted by Crippen LogP contribution is 2.46. The number of nitrogens with zero attached hydrogens (tertiary/aromatic N) is 3. The molecule has 0 radical (unpaired) electrons. The van der Waals surface area contributed by atoms with Crippen molar-refractivity contribution >= 4 is 0 Å². The minimum Gasteiger partial charge on any atom is -0.493 e. The van der Waals surface area contributed by atoms with Crippen LogP contribution in [-0.2, 0) is 25.6 Å². The van der Waals surface area contributed by atoms with E-state index in [0.717, 1.165) is 61.5 Å². The van der Waals surface area contributed by atoms with Gasteiger partial charge in [0.1, 0.15) is 11.4 Å². The normalized spacial score (nSPS) is 26.5. The number of piperidine rings is 1. The molecule has 2 bridgehead atoms. The van der Waals surface area contributed by atoms with Gasteiger partial charge in [0.2, 0.25) is 0 Å². The smallest absolute Gasteiger partial charge is 0.164 e. The van der Waals surface area contributed by atoms with Gasteiger partial charge in [-0.2, -0.15) is 0 Å². The molecule has 3 atom stereocenters. The van der Waals surface area contributed by atoms with Crippen LogP contribution in [0.4, 0.5) is 0 Å². The van der Waals surface area contributed by atoms with Crippen molar-refractivity contribution in [1.82, 2.24) is 14.5 Å². The number of benzene rings is 1. The fourth-order valence-corrected chi connectivity index (χ4v) is 5.29. The van der Waals surface area contributed by atoms with Crippen LogP contribution in [0.3, 0.4) is 0 Å². The van der Waals surface area contributed by atoms with E-state index >= 15 is 0 Å². The fraction of sp³-hybridized carbons (Fsp3) is 0.522. The van der Waals surface area contributed by atoms with Gasteiger partial charge < -0.3 is 19.1 Å². The van der Waals surface area contributed by atoms with E-state index in [0.29, 0.717) is 12.1 Å². The zero-order chi connectivity index (χ0) is 20.6. The number of aromatic nitrogens is 2. The maximum atomic E-state index is 11.4. The number of fused-ring (bicyclic) bond motifs is 2. The highest BCUT2D eigenvalue weighted by atomic mass is 16.5. The molecule has 3 heterocycles. The molecular weight excluding hydrogens is 366 g/mol. The first kappa shape index (κ1) is 20.0. The second kappa shape index (κ2) is 7.84. The van der Waals surface area contributed by atoms with Gasteiger partial charge in [0.15, 0.2) is 11.5 Å². The van der Waals surface area contributed by atoms with E-state index < -0.39 is 5.60 Å². The molecule has 0 amide bonds. The topological polar surface area (TPSA) is 59.8 Å². The number of hydrogen-bond donors (Lipinski definition) is 1. The molecule has 6 heteroatoms. The van der Waals surface area contributed by atoms with Gasteiger partial charge in [-0.05, 0) is 43.7 Å². The standard InChI is InChI=1S/C23H31N3O3/c1-5-6-17-11-16(12-20(28-3)21(17)29-4)15-26-18-7-8-19(26)14-23(27,13-18)22-24-9-10-25(22)2/h5,9-12,18-19,27H,1,6-8,13-15H2,2-4H3/t18-,19+,23?. The maximum absolute atomic E-state index is 11.4. The molecule has 6 nitrogen and oxygen atoms in total. The van der Waals surface area contributed by atoms with Gasteiger partial charge in [-0.1, -0.05) is 12.1 Å². The number of ether oxygens (including phenoxy) is 2. The summed E-state index contributed by atoms with van der Waals surface area (Å²) in [4.78, 5) is 7.00. The number of hydrogen-bond acceptors (Lipinski definition) is 5. The first-order valence-corrected chi connectivity index (χ1v) is 10.3. The van der Waals surface area contributed by atoms with E-state index in [1.807, 2.05) is 23.9 Å². The molecule has 156 valence electrons. The number of imidazole rings is 1. The third kappa shape index (κ3) is 3.55. The highest BCUT2D eigenvalue weighted by Gasteiger charge is 2.49. The molecule has 2 saturated heterocycles. The predicted molar refractivity (Wildman–Crippen MR) is 112 cm³/mol. The van der Waals surface area contributed by atoms with Crippen LogP contribution < -0.4 is 9.47 Å². The van der Waals surface area contributed by atoms with Crippen LogP contribution in [0, 0.1) is 0 Å². The average molecular weight is 398 g/mol. The molecule has 0 aliphatic carbocycles. The van der Waals surface area contributed by atoms with Gasteiger partial charge in [0.25, 0.3) is 0 Å². The molecule has 2 fully saturated rings. The van der Waals surface area contributed by atoms with Gasteiger partial charge in [0, 0.05) is 43.6 Å². The molecule has 0 spiro atoms. The van der Waals surface area contributed by atoms with Gasteiger partial charge in [0.05, 0.1) is 14.2 Å². The van der Waals surface area contributed by atoms with Gasteiger partial charge in [-0.15, -0.1) is 6.58 Å². The van der Waals surface area contributed by atoms with Crippen LogP contribution in [-0.4, -0.2) is 45.9 Å². The van der Waals surface area contributed by atoms with Gasteiger partial charge in [-0.3, -0.25) is 4.90 Å². The number of rotatable bonds is 7. The lowest BCUT2D eigenvalue weighted by molar-refractivity contribution is -0.0669. The van der Waals surface area contributed by atoms with E-state index in [1.54, 1.807) is 20.4 Å². The quantitative estimate of drug-likeness (QED) is 0.727. The van der Waals surface area contributed by atoms with Crippen molar-refractivity contribution in [3.05, 3.63) is 54.1 Å². The Hall–Kier alpha value is -2.31. The number of aryl methyl sites for hydroxylation is 1. The zero-order valence-corrected chi connectivity index (χ0v) is 17.6. The van der Waals surface area contributed by atoms with E-state index in [9.17, 15) is 5.11 Å². The molecular formula is C23H31N3O3. The summed E-state index contributed by atoms with van der Waals surface area (Å²) in [6.45, 7) is 4.71. The van der Waals surface area contributed by atoms with E-state index in [1.165, 1.54) is 5.56 Å². The molecule has 29 heavy (non-hydrogen) atoms. The van der Waals surface area contributed by atoms with Crippen LogP contribution in [0.5, 0.6) is 11.5 Å². The van der Waals surface area contributed by atoms with Gasteiger partial charge >= 0.3 is 0 Å². The van der Waals surface area contributed by atoms with Crippen molar-refractivity contribution in [2.45, 2.75) is 56.3 Å². The summed E-state index contributed by atoms with van der Waals surface area (Å²) >= 11 is 0. The van der Waals surface area contributed by atoms with Crippen LogP contribution in [0.1, 0.15) is 42.6 Å². The third-order valence-corrected chi connectivity index (χ3v) is 6.50. The van der Waals surface area contributed by atoms with E-state index in [4.69, 9.17) is 9.47 Å². The van der Waals surface area contributed by atoms with Crippen molar-refractivity contribution in [2.24, 2.45) is 7.05 Å². The van der Waals surface area contributed by atoms with Crippen molar-refractivity contribution in [3.63, 3.8) is 0 Å². The monoisotopic (exact) mass is 397 g/mol. The van der Waals surface area contributed by atoms with E-state index in [2.05, 4.69) is 28.6 Å². The molecule has 1 N–H and O–H groups in total. The molecule has 2 aromatic rings. The Kier molecular flexibility index (Phi) is 5.40. The van der Waals surface area contributed by atoms with Crippen molar-refractivity contribution < 1.29 is 14.6 Å². The Bertz CT molecular complexity index is 877. The highest BCUT2D eigenvalue weighted by molar-refractivity contribution is 5.50. The summed E-state index contributed by atoms with van der Waals surface area (Å²) < 4.78 is 13.1. The summed E-state index contributed by atoms with van der Waals surface area (Å²) in [7, 11) is 5.31. The lowest BCUT2D eigenvalue weighted by atomic mass is 9.85. The largest absolute Gasteiger partial charge is 0.493 e. The summed E-state index contributed by atoms with van der Waals surface area (Å²) in [5, 5.41) is 11.4. The molecule has 1 aromatic carbocycles. The number of aliphatic hydroxyl groups is 1. The number of methoxy groups -OCH3 is 2. The Morgan fingerprint density at radius 1 is 1.24 bits per heavy atom. The SMILES string of the molecule is C=CCc1cc(CN2[C@@H]3CC[C@H]2CC(O)(c2nccn2C)C3)cc(OC)c1OC. The van der Waals surface area contributed by atoms with Crippen molar-refractivity contribution in [3.8, 4) is 11.5 Å². The first-order chi connectivity index (χ1) is 14.0.